The minimum Gasteiger partial charge on any atom is -0.480 e. The number of halogens is 1. The lowest BCUT2D eigenvalue weighted by atomic mass is 9.85. The zero-order valence-electron chi connectivity index (χ0n) is 22.3. The van der Waals surface area contributed by atoms with Crippen LogP contribution in [0, 0.1) is 11.7 Å². The average molecular weight is 568 g/mol. The monoisotopic (exact) mass is 567 g/mol. The Morgan fingerprint density at radius 2 is 1.48 bits per heavy atom. The molecular weight excluding hydrogens is 533 g/mol. The highest BCUT2D eigenvalue weighted by molar-refractivity contribution is 7.89. The van der Waals surface area contributed by atoms with Crippen LogP contribution < -0.4 is 15.4 Å². The summed E-state index contributed by atoms with van der Waals surface area (Å²) in [6.45, 7) is 2.19. The van der Waals surface area contributed by atoms with Crippen LogP contribution in [0.4, 0.5) is 4.39 Å². The summed E-state index contributed by atoms with van der Waals surface area (Å²) >= 11 is 0. The molecule has 10 heteroatoms. The number of sulfonamides is 1. The first-order chi connectivity index (χ1) is 19.1. The van der Waals surface area contributed by atoms with Gasteiger partial charge in [-0.05, 0) is 79.1 Å². The first-order valence-electron chi connectivity index (χ1n) is 13.3. The van der Waals surface area contributed by atoms with Gasteiger partial charge < -0.3 is 15.7 Å². The van der Waals surface area contributed by atoms with Gasteiger partial charge in [-0.15, -0.1) is 0 Å². The fourth-order valence-electron chi connectivity index (χ4n) is 4.88. The molecule has 3 aromatic carbocycles. The molecule has 1 saturated carbocycles. The third kappa shape index (κ3) is 7.97. The van der Waals surface area contributed by atoms with E-state index in [4.69, 9.17) is 5.11 Å². The van der Waals surface area contributed by atoms with Crippen LogP contribution in [0.3, 0.4) is 0 Å². The van der Waals surface area contributed by atoms with Crippen molar-refractivity contribution in [2.45, 2.75) is 56.1 Å². The van der Waals surface area contributed by atoms with Crippen molar-refractivity contribution in [2.75, 3.05) is 6.54 Å². The zero-order valence-corrected chi connectivity index (χ0v) is 23.1. The van der Waals surface area contributed by atoms with E-state index < -0.39 is 16.0 Å². The van der Waals surface area contributed by atoms with Crippen LogP contribution in [0.1, 0.15) is 49.8 Å². The molecule has 40 heavy (non-hydrogen) atoms. The highest BCUT2D eigenvalue weighted by atomic mass is 32.2. The van der Waals surface area contributed by atoms with Crippen LogP contribution >= 0.6 is 0 Å². The molecule has 0 aliphatic heterocycles. The van der Waals surface area contributed by atoms with Crippen molar-refractivity contribution in [2.24, 2.45) is 5.92 Å². The van der Waals surface area contributed by atoms with Gasteiger partial charge in [0.1, 0.15) is 5.82 Å². The first-order valence-corrected chi connectivity index (χ1v) is 14.8. The fourth-order valence-corrected chi connectivity index (χ4v) is 6.19. The first kappa shape index (κ1) is 29.4. The van der Waals surface area contributed by atoms with Crippen molar-refractivity contribution in [3.8, 4) is 11.1 Å². The largest absolute Gasteiger partial charge is 0.480 e. The summed E-state index contributed by atoms with van der Waals surface area (Å²) in [5.41, 5.74) is 3.56. The van der Waals surface area contributed by atoms with E-state index in [0.717, 1.165) is 22.3 Å². The zero-order chi connectivity index (χ0) is 28.7. The van der Waals surface area contributed by atoms with Crippen molar-refractivity contribution in [1.29, 1.82) is 0 Å². The number of nitrogens with one attached hydrogen (secondary N) is 3. The number of carbonyl (C=O) groups is 2. The number of carboxylic acids is 1. The Balaban J connectivity index is 1.27. The minimum atomic E-state index is -3.72. The number of carboxylic acid groups (broad SMARTS) is 1. The lowest BCUT2D eigenvalue weighted by molar-refractivity contribution is -0.136. The highest BCUT2D eigenvalue weighted by Crippen LogP contribution is 2.27. The van der Waals surface area contributed by atoms with Crippen LogP contribution in [0.15, 0.2) is 77.7 Å². The molecule has 1 fully saturated rings. The molecule has 4 N–H and O–H groups in total. The Bertz CT molecular complexity index is 1400. The van der Waals surface area contributed by atoms with Gasteiger partial charge >= 0.3 is 5.97 Å². The number of hydrogen-bond acceptors (Lipinski definition) is 5. The molecule has 3 aromatic rings. The average Bonchev–Trinajstić information content (AvgIpc) is 2.94. The Hall–Kier alpha value is -3.60. The quantitative estimate of drug-likeness (QED) is 0.273. The minimum absolute atomic E-state index is 0.0710. The normalized spacial score (nSPS) is 18.1. The Kier molecular flexibility index (Phi) is 9.67. The van der Waals surface area contributed by atoms with Crippen LogP contribution in [0.25, 0.3) is 11.1 Å². The molecule has 0 radical (unpaired) electrons. The Morgan fingerprint density at radius 3 is 2.05 bits per heavy atom. The van der Waals surface area contributed by atoms with Gasteiger partial charge in [0.05, 0.1) is 17.5 Å². The SMILES string of the molecule is C[C@@H](NC(=O)[C@H]1CC[C@H](NS(=O)(=O)c2ccc(-c3ccc(CNCC(=O)O)cc3)cc2)CC1)c1ccc(F)cc1. The second kappa shape index (κ2) is 13.2. The van der Waals surface area contributed by atoms with E-state index in [2.05, 4.69) is 15.4 Å². The fraction of sp³-hybridized carbons (Fsp3) is 0.333. The number of aliphatic carboxylic acids is 1. The number of hydrogen-bond donors (Lipinski definition) is 4. The van der Waals surface area contributed by atoms with Gasteiger partial charge in [-0.3, -0.25) is 9.59 Å². The summed E-state index contributed by atoms with van der Waals surface area (Å²) in [4.78, 5) is 23.6. The molecule has 1 aliphatic rings. The summed E-state index contributed by atoms with van der Waals surface area (Å²) in [6.07, 6.45) is 2.29. The molecule has 0 spiro atoms. The third-order valence-corrected chi connectivity index (χ3v) is 8.74. The summed E-state index contributed by atoms with van der Waals surface area (Å²) in [5, 5.41) is 14.5. The van der Waals surface area contributed by atoms with Crippen LogP contribution in [-0.4, -0.2) is 38.0 Å². The number of carbonyl (C=O) groups excluding carboxylic acids is 1. The molecule has 1 aliphatic carbocycles. The lowest BCUT2D eigenvalue weighted by Crippen LogP contribution is -2.41. The second-order valence-corrected chi connectivity index (χ2v) is 11.9. The maximum atomic E-state index is 13.2. The van der Waals surface area contributed by atoms with Crippen molar-refractivity contribution >= 4 is 21.9 Å². The van der Waals surface area contributed by atoms with Gasteiger partial charge in [-0.1, -0.05) is 48.5 Å². The summed E-state index contributed by atoms with van der Waals surface area (Å²) < 4.78 is 42.0. The predicted molar refractivity (Wildman–Crippen MR) is 150 cm³/mol. The molecule has 1 amide bonds. The Morgan fingerprint density at radius 1 is 0.900 bits per heavy atom. The third-order valence-electron chi connectivity index (χ3n) is 7.21. The highest BCUT2D eigenvalue weighted by Gasteiger charge is 2.29. The van der Waals surface area contributed by atoms with Gasteiger partial charge in [0, 0.05) is 18.5 Å². The van der Waals surface area contributed by atoms with Crippen molar-refractivity contribution < 1.29 is 27.5 Å². The molecule has 0 heterocycles. The number of benzene rings is 3. The second-order valence-electron chi connectivity index (χ2n) is 10.2. The van der Waals surface area contributed by atoms with Gasteiger partial charge in [0.25, 0.3) is 0 Å². The summed E-state index contributed by atoms with van der Waals surface area (Å²) in [5.74, 6) is -1.50. The van der Waals surface area contributed by atoms with E-state index in [1.165, 1.54) is 12.1 Å². The molecule has 8 nitrogen and oxygen atoms in total. The molecule has 0 unspecified atom stereocenters. The molecule has 212 valence electrons. The van der Waals surface area contributed by atoms with Gasteiger partial charge in [-0.25, -0.2) is 17.5 Å². The van der Waals surface area contributed by atoms with Gasteiger partial charge in [0.15, 0.2) is 0 Å². The van der Waals surface area contributed by atoms with Crippen molar-refractivity contribution in [3.05, 3.63) is 89.7 Å². The molecule has 0 saturated heterocycles. The summed E-state index contributed by atoms with van der Waals surface area (Å²) in [6, 6.07) is 19.8. The number of amides is 1. The maximum Gasteiger partial charge on any atom is 0.317 e. The predicted octanol–water partition coefficient (Wildman–Crippen LogP) is 4.38. The number of rotatable bonds is 11. The van der Waals surface area contributed by atoms with E-state index >= 15 is 0 Å². The molecule has 0 aromatic heterocycles. The van der Waals surface area contributed by atoms with Crippen molar-refractivity contribution in [3.63, 3.8) is 0 Å². The van der Waals surface area contributed by atoms with Gasteiger partial charge in [-0.2, -0.15) is 0 Å². The van der Waals surface area contributed by atoms with E-state index in [9.17, 15) is 22.4 Å². The van der Waals surface area contributed by atoms with E-state index in [-0.39, 0.29) is 41.2 Å². The van der Waals surface area contributed by atoms with Crippen LogP contribution in [0.5, 0.6) is 0 Å². The van der Waals surface area contributed by atoms with Gasteiger partial charge in [0.2, 0.25) is 15.9 Å². The maximum absolute atomic E-state index is 13.2. The Labute approximate surface area is 234 Å². The van der Waals surface area contributed by atoms with Crippen LogP contribution in [-0.2, 0) is 26.2 Å². The van der Waals surface area contributed by atoms with E-state index in [1.54, 1.807) is 36.4 Å². The molecular formula is C30H34FN3O5S. The molecule has 4 rings (SSSR count). The van der Waals surface area contributed by atoms with E-state index in [1.807, 2.05) is 31.2 Å². The topological polar surface area (TPSA) is 125 Å². The molecule has 0 bridgehead atoms. The standard InChI is InChI=1S/C30H34FN3O5S/c1-20(22-6-12-26(31)13-7-22)33-30(37)25-8-14-27(15-9-25)34-40(38,39)28-16-10-24(11-17-28)23-4-2-21(3-5-23)18-32-19-29(35)36/h2-7,10-13,16-17,20,25,27,32,34H,8-9,14-15,18-19H2,1H3,(H,33,37)(H,35,36)/t20-,25-,27-/m1/s1. The van der Waals surface area contributed by atoms with Crippen molar-refractivity contribution in [1.82, 2.24) is 15.4 Å². The smallest absolute Gasteiger partial charge is 0.317 e. The van der Waals surface area contributed by atoms with Crippen LogP contribution in [0.2, 0.25) is 0 Å². The molecule has 1 atom stereocenters. The summed E-state index contributed by atoms with van der Waals surface area (Å²) in [7, 11) is -3.72. The lowest BCUT2D eigenvalue weighted by Gasteiger charge is -2.29. The van der Waals surface area contributed by atoms with E-state index in [0.29, 0.717) is 32.2 Å².